The van der Waals surface area contributed by atoms with E-state index in [4.69, 9.17) is 5.73 Å². The van der Waals surface area contributed by atoms with Gasteiger partial charge in [-0.1, -0.05) is 0 Å². The number of carbonyl (C=O) groups is 2. The van der Waals surface area contributed by atoms with Crippen LogP contribution in [0.3, 0.4) is 0 Å². The van der Waals surface area contributed by atoms with Gasteiger partial charge in [0.05, 0.1) is 10.9 Å². The van der Waals surface area contributed by atoms with Crippen LogP contribution in [0.25, 0.3) is 32.6 Å². The molecule has 0 unspecified atom stereocenters. The van der Waals surface area contributed by atoms with Crippen LogP contribution in [0.1, 0.15) is 47.2 Å². The number of carbonyl (C=O) groups excluding carboxylic acids is 2. The zero-order valence-electron chi connectivity index (χ0n) is 17.3. The van der Waals surface area contributed by atoms with E-state index in [2.05, 4.69) is 41.9 Å². The van der Waals surface area contributed by atoms with Crippen molar-refractivity contribution in [2.24, 2.45) is 5.73 Å². The molecule has 30 heavy (non-hydrogen) atoms. The third kappa shape index (κ3) is 3.97. The number of nitrogens with one attached hydrogen (secondary N) is 1. The first-order chi connectivity index (χ1) is 14.0. The molecule has 0 aliphatic carbocycles. The molecule has 0 aliphatic rings. The number of hydrogen-bond donors (Lipinski definition) is 2. The Kier molecular flexibility index (Phi) is 6.56. The number of halogens is 1. The van der Waals surface area contributed by atoms with Gasteiger partial charge in [0.15, 0.2) is 12.4 Å². The molecule has 0 saturated heterocycles. The van der Waals surface area contributed by atoms with Gasteiger partial charge in [0.1, 0.15) is 12.8 Å². The van der Waals surface area contributed by atoms with Crippen LogP contribution in [0.4, 0.5) is 0 Å². The number of rotatable bonds is 7. The fourth-order valence-corrected chi connectivity index (χ4v) is 4.30. The first-order valence-electron chi connectivity index (χ1n) is 10.1. The number of aromatic amines is 1. The molecule has 2 aromatic carbocycles. The van der Waals surface area contributed by atoms with Crippen molar-refractivity contribution in [1.29, 1.82) is 0 Å². The number of benzene rings is 2. The molecule has 4 aromatic rings. The van der Waals surface area contributed by atoms with Crippen molar-refractivity contribution in [3.8, 4) is 0 Å². The summed E-state index contributed by atoms with van der Waals surface area (Å²) in [4.78, 5) is 25.6. The summed E-state index contributed by atoms with van der Waals surface area (Å²) < 4.78 is 2.22. The number of nitrogens with two attached hydrogens (primary N) is 1. The van der Waals surface area contributed by atoms with Crippen LogP contribution in [0.5, 0.6) is 0 Å². The smallest absolute Gasteiger partial charge is 0.217 e. The van der Waals surface area contributed by atoms with E-state index >= 15 is 0 Å². The molecular weight excluding hydrogens is 442 g/mol. The van der Waals surface area contributed by atoms with E-state index in [1.54, 1.807) is 0 Å². The quantitative estimate of drug-likeness (QED) is 0.243. The zero-order chi connectivity index (χ0) is 20.5. The van der Waals surface area contributed by atoms with Crippen LogP contribution in [-0.2, 0) is 11.3 Å². The number of unbranched alkanes of at least 4 members (excludes halogenated alkanes) is 2. The minimum absolute atomic E-state index is 0. The lowest BCUT2D eigenvalue weighted by atomic mass is 9.96. The number of primary amides is 1. The van der Waals surface area contributed by atoms with Crippen molar-refractivity contribution >= 4 is 44.8 Å². The Balaban J connectivity index is 0.00000256. The number of nitrogens with zero attached hydrogens (tertiary/aromatic N) is 1. The number of aryl methyl sites for hydroxylation is 3. The van der Waals surface area contributed by atoms with Crippen molar-refractivity contribution in [1.82, 2.24) is 4.98 Å². The van der Waals surface area contributed by atoms with Crippen molar-refractivity contribution < 1.29 is 31.1 Å². The number of aldehydes is 1. The minimum Gasteiger partial charge on any atom is -1.00 e. The van der Waals surface area contributed by atoms with Gasteiger partial charge in [0.2, 0.25) is 5.91 Å². The third-order valence-electron chi connectivity index (χ3n) is 5.87. The van der Waals surface area contributed by atoms with Gasteiger partial charge in [0.25, 0.3) is 0 Å². The van der Waals surface area contributed by atoms with E-state index in [0.717, 1.165) is 48.5 Å². The van der Waals surface area contributed by atoms with Crippen LogP contribution in [0.15, 0.2) is 36.7 Å². The van der Waals surface area contributed by atoms with Crippen molar-refractivity contribution in [3.05, 3.63) is 53.3 Å². The molecule has 0 saturated carbocycles. The lowest BCUT2D eigenvalue weighted by Gasteiger charge is -2.08. The maximum Gasteiger partial charge on any atom is 0.217 e. The molecule has 0 radical (unpaired) electrons. The van der Waals surface area contributed by atoms with E-state index in [1.165, 1.54) is 27.3 Å². The molecule has 2 heterocycles. The highest BCUT2D eigenvalue weighted by Crippen LogP contribution is 2.36. The Morgan fingerprint density at radius 1 is 1.07 bits per heavy atom. The topological polar surface area (TPSA) is 79.8 Å². The predicted octanol–water partition coefficient (Wildman–Crippen LogP) is 1.24. The average molecular weight is 468 g/mol. The number of fused-ring (bicyclic) bond motifs is 4. The Morgan fingerprint density at radius 2 is 1.87 bits per heavy atom. The normalized spacial score (nSPS) is 11.1. The van der Waals surface area contributed by atoms with E-state index < -0.39 is 0 Å². The number of H-pyrrole nitrogens is 1. The second-order valence-corrected chi connectivity index (χ2v) is 7.83. The monoisotopic (exact) mass is 467 g/mol. The first-order valence-corrected chi connectivity index (χ1v) is 10.1. The number of aromatic nitrogens is 2. The summed E-state index contributed by atoms with van der Waals surface area (Å²) in [6.45, 7) is 5.22. The summed E-state index contributed by atoms with van der Waals surface area (Å²) in [7, 11) is 0. The van der Waals surface area contributed by atoms with Gasteiger partial charge in [-0.25, -0.2) is 4.57 Å². The van der Waals surface area contributed by atoms with E-state index in [9.17, 15) is 9.59 Å². The summed E-state index contributed by atoms with van der Waals surface area (Å²) >= 11 is 0. The number of pyridine rings is 1. The van der Waals surface area contributed by atoms with E-state index in [-0.39, 0.29) is 22.9 Å². The first kappa shape index (κ1) is 22.0. The Hall–Kier alpha value is -2.73. The molecule has 4 rings (SSSR count). The van der Waals surface area contributed by atoms with E-state index in [0.29, 0.717) is 12.0 Å². The van der Waals surface area contributed by atoms with Crippen molar-refractivity contribution in [3.63, 3.8) is 0 Å². The van der Waals surface area contributed by atoms with Crippen LogP contribution < -0.4 is 27.3 Å². The predicted molar refractivity (Wildman–Crippen MR) is 116 cm³/mol. The van der Waals surface area contributed by atoms with Crippen LogP contribution >= 0.6 is 0 Å². The highest BCUT2D eigenvalue weighted by molar-refractivity contribution is 6.16. The summed E-state index contributed by atoms with van der Waals surface area (Å²) in [5.41, 5.74) is 10.5. The SMILES string of the molecule is Cc1c2c[n+](CCCCCC(N)=O)ccc2c(C)c2c1[nH]c1ccc(C=O)cc12.[Br-]. The molecular formula is C24H26BrN3O2. The maximum atomic E-state index is 11.2. The summed E-state index contributed by atoms with van der Waals surface area (Å²) in [5, 5.41) is 4.75. The van der Waals surface area contributed by atoms with Gasteiger partial charge in [-0.3, -0.25) is 9.59 Å². The number of amides is 1. The average Bonchev–Trinajstić information content (AvgIpc) is 3.10. The second kappa shape index (κ2) is 8.96. The van der Waals surface area contributed by atoms with Crippen LogP contribution in [0, 0.1) is 13.8 Å². The van der Waals surface area contributed by atoms with Gasteiger partial charge < -0.3 is 27.7 Å². The molecule has 2 aromatic heterocycles. The highest BCUT2D eigenvalue weighted by atomic mass is 79.9. The standard InChI is InChI=1S/C24H25N3O2.BrH/c1-15-18-9-11-27(10-5-3-4-6-22(25)29)13-20(18)16(2)24-23(15)19-12-17(14-28)7-8-21(19)26-24;/h7-9,11-14H,3-6,10H2,1-2H3,(H2,25,29);1H. The fourth-order valence-electron chi connectivity index (χ4n) is 4.30. The van der Waals surface area contributed by atoms with Gasteiger partial charge in [0, 0.05) is 40.8 Å². The Morgan fingerprint density at radius 3 is 2.60 bits per heavy atom. The largest absolute Gasteiger partial charge is 1.00 e. The summed E-state index contributed by atoms with van der Waals surface area (Å²) in [6.07, 6.45) is 8.56. The maximum absolute atomic E-state index is 11.2. The Bertz CT molecular complexity index is 1260. The van der Waals surface area contributed by atoms with Gasteiger partial charge in [-0.15, -0.1) is 0 Å². The molecule has 0 spiro atoms. The number of hydrogen-bond acceptors (Lipinski definition) is 2. The van der Waals surface area contributed by atoms with Gasteiger partial charge in [-0.05, 0) is 61.4 Å². The summed E-state index contributed by atoms with van der Waals surface area (Å²) in [6, 6.07) is 7.98. The highest BCUT2D eigenvalue weighted by Gasteiger charge is 2.16. The van der Waals surface area contributed by atoms with Crippen LogP contribution in [0.2, 0.25) is 0 Å². The van der Waals surface area contributed by atoms with Crippen molar-refractivity contribution in [2.75, 3.05) is 0 Å². The fraction of sp³-hybridized carbons (Fsp3) is 0.292. The third-order valence-corrected chi connectivity index (χ3v) is 5.87. The summed E-state index contributed by atoms with van der Waals surface area (Å²) in [5.74, 6) is -0.225. The molecule has 0 bridgehead atoms. The zero-order valence-corrected chi connectivity index (χ0v) is 18.9. The Labute approximate surface area is 186 Å². The second-order valence-electron chi connectivity index (χ2n) is 7.83. The molecule has 0 atom stereocenters. The lowest BCUT2D eigenvalue weighted by molar-refractivity contribution is -0.696. The van der Waals surface area contributed by atoms with Gasteiger partial charge >= 0.3 is 0 Å². The van der Waals surface area contributed by atoms with E-state index in [1.807, 2.05) is 18.2 Å². The molecule has 0 fully saturated rings. The van der Waals surface area contributed by atoms with Crippen LogP contribution in [-0.4, -0.2) is 17.2 Å². The molecule has 0 aliphatic heterocycles. The molecule has 1 amide bonds. The van der Waals surface area contributed by atoms with Crippen molar-refractivity contribution in [2.45, 2.75) is 46.1 Å². The lowest BCUT2D eigenvalue weighted by Crippen LogP contribution is -3.00. The minimum atomic E-state index is -0.225. The molecule has 156 valence electrons. The molecule has 3 N–H and O–H groups in total. The molecule has 5 nitrogen and oxygen atoms in total. The van der Waals surface area contributed by atoms with Gasteiger partial charge in [-0.2, -0.15) is 0 Å². The molecule has 6 heteroatoms.